The number of sulfonamides is 1. The first kappa shape index (κ1) is 17.7. The molecule has 1 aliphatic heterocycles. The summed E-state index contributed by atoms with van der Waals surface area (Å²) < 4.78 is 33.5. The number of anilines is 1. The number of methoxy groups -OCH3 is 1. The molecule has 134 valence electrons. The Morgan fingerprint density at radius 2 is 2.12 bits per heavy atom. The van der Waals surface area contributed by atoms with E-state index >= 15 is 0 Å². The lowest BCUT2D eigenvalue weighted by Gasteiger charge is -2.36. The molecule has 2 heterocycles. The highest BCUT2D eigenvalue weighted by atomic mass is 32.2. The lowest BCUT2D eigenvalue weighted by atomic mass is 10.0. The molecule has 8 heteroatoms. The lowest BCUT2D eigenvalue weighted by Crippen LogP contribution is -2.48. The van der Waals surface area contributed by atoms with Gasteiger partial charge in [0.1, 0.15) is 16.5 Å². The van der Waals surface area contributed by atoms with Crippen molar-refractivity contribution in [3.8, 4) is 5.75 Å². The molecule has 3 rings (SSSR count). The first-order valence-electron chi connectivity index (χ1n) is 8.02. The maximum atomic E-state index is 13.3. The average molecular weight is 362 g/mol. The minimum Gasteiger partial charge on any atom is -0.496 e. The van der Waals surface area contributed by atoms with E-state index in [1.165, 1.54) is 4.31 Å². The second kappa shape index (κ2) is 6.99. The highest BCUT2D eigenvalue weighted by Gasteiger charge is 2.37. The zero-order chi connectivity index (χ0) is 18.0. The molecule has 0 radical (unpaired) electrons. The molecule has 0 amide bonds. The Balaban J connectivity index is 2.08. The van der Waals surface area contributed by atoms with Crippen LogP contribution in [0.1, 0.15) is 17.2 Å². The molecule has 1 aliphatic rings. The van der Waals surface area contributed by atoms with E-state index in [4.69, 9.17) is 10.5 Å². The molecule has 2 aromatic rings. The third-order valence-corrected chi connectivity index (χ3v) is 6.23. The van der Waals surface area contributed by atoms with Gasteiger partial charge in [0, 0.05) is 31.4 Å². The van der Waals surface area contributed by atoms with E-state index in [9.17, 15) is 8.42 Å². The van der Waals surface area contributed by atoms with Gasteiger partial charge in [-0.25, -0.2) is 13.4 Å². The number of nitrogen functional groups attached to an aromatic ring is 1. The summed E-state index contributed by atoms with van der Waals surface area (Å²) in [7, 11) is -2.21. The predicted octanol–water partition coefficient (Wildman–Crippen LogP) is 1.32. The number of hydrogen-bond donors (Lipinski definition) is 2. The Hall–Kier alpha value is -2.16. The van der Waals surface area contributed by atoms with E-state index < -0.39 is 10.0 Å². The normalized spacial score (nSPS) is 18.9. The number of rotatable bonds is 4. The molecule has 1 fully saturated rings. The smallest absolute Gasteiger partial charge is 0.247 e. The number of aromatic nitrogens is 1. The molecule has 3 N–H and O–H groups in total. The van der Waals surface area contributed by atoms with Crippen LogP contribution < -0.4 is 15.8 Å². The van der Waals surface area contributed by atoms with Crippen molar-refractivity contribution in [1.82, 2.24) is 14.6 Å². The van der Waals surface area contributed by atoms with Gasteiger partial charge in [-0.1, -0.05) is 18.2 Å². The maximum absolute atomic E-state index is 13.3. The Morgan fingerprint density at radius 3 is 2.88 bits per heavy atom. The van der Waals surface area contributed by atoms with E-state index in [-0.39, 0.29) is 16.8 Å². The largest absolute Gasteiger partial charge is 0.496 e. The van der Waals surface area contributed by atoms with Crippen molar-refractivity contribution >= 4 is 15.8 Å². The van der Waals surface area contributed by atoms with Gasteiger partial charge in [0.25, 0.3) is 0 Å². The Kier molecular flexibility index (Phi) is 4.94. The first-order chi connectivity index (χ1) is 11.9. The van der Waals surface area contributed by atoms with Crippen molar-refractivity contribution in [2.24, 2.45) is 0 Å². The second-order valence-electron chi connectivity index (χ2n) is 5.97. The molecule has 1 aromatic heterocycles. The van der Waals surface area contributed by atoms with Crippen molar-refractivity contribution in [1.29, 1.82) is 0 Å². The van der Waals surface area contributed by atoms with E-state index in [0.717, 1.165) is 11.1 Å². The lowest BCUT2D eigenvalue weighted by molar-refractivity contribution is 0.264. The number of pyridine rings is 1. The van der Waals surface area contributed by atoms with Crippen LogP contribution in [0.4, 0.5) is 5.82 Å². The molecule has 1 saturated heterocycles. The summed E-state index contributed by atoms with van der Waals surface area (Å²) in [6, 6.07) is 8.64. The minimum atomic E-state index is -3.79. The van der Waals surface area contributed by atoms with Gasteiger partial charge in [0.15, 0.2) is 0 Å². The minimum absolute atomic E-state index is 0.0166. The summed E-state index contributed by atoms with van der Waals surface area (Å²) in [5, 5.41) is 3.26. The van der Waals surface area contributed by atoms with Crippen molar-refractivity contribution in [2.45, 2.75) is 17.9 Å². The maximum Gasteiger partial charge on any atom is 0.247 e. The van der Waals surface area contributed by atoms with Crippen LogP contribution in [0, 0.1) is 6.92 Å². The fourth-order valence-corrected chi connectivity index (χ4v) is 4.83. The second-order valence-corrected chi connectivity index (χ2v) is 7.83. The van der Waals surface area contributed by atoms with Gasteiger partial charge in [0.2, 0.25) is 10.0 Å². The summed E-state index contributed by atoms with van der Waals surface area (Å²) in [4.78, 5) is 4.05. The highest BCUT2D eigenvalue weighted by molar-refractivity contribution is 7.89. The quantitative estimate of drug-likeness (QED) is 0.851. The molecule has 0 saturated carbocycles. The summed E-state index contributed by atoms with van der Waals surface area (Å²) in [5.74, 6) is 0.676. The third-order valence-electron chi connectivity index (χ3n) is 4.30. The monoisotopic (exact) mass is 362 g/mol. The molecule has 1 atom stereocenters. The molecule has 1 aromatic carbocycles. The third kappa shape index (κ3) is 3.33. The average Bonchev–Trinajstić information content (AvgIpc) is 2.63. The summed E-state index contributed by atoms with van der Waals surface area (Å²) >= 11 is 0. The summed E-state index contributed by atoms with van der Waals surface area (Å²) in [6.07, 6.45) is 1.56. The molecule has 0 spiro atoms. The summed E-state index contributed by atoms with van der Waals surface area (Å²) in [5.41, 5.74) is 7.43. The summed E-state index contributed by atoms with van der Waals surface area (Å²) in [6.45, 7) is 3.21. The van der Waals surface area contributed by atoms with Crippen LogP contribution >= 0.6 is 0 Å². The van der Waals surface area contributed by atoms with Crippen LogP contribution in [0.15, 0.2) is 41.4 Å². The zero-order valence-corrected chi connectivity index (χ0v) is 15.1. The van der Waals surface area contributed by atoms with Crippen LogP contribution in [-0.4, -0.2) is 44.5 Å². The molecule has 25 heavy (non-hydrogen) atoms. The Morgan fingerprint density at radius 1 is 1.36 bits per heavy atom. The fraction of sp³-hybridized carbons (Fsp3) is 0.353. The Labute approximate surface area is 147 Å². The predicted molar refractivity (Wildman–Crippen MR) is 95.9 cm³/mol. The molecule has 1 unspecified atom stereocenters. The van der Waals surface area contributed by atoms with Gasteiger partial charge in [-0.05, 0) is 24.6 Å². The number of nitrogens with zero attached hydrogens (tertiary/aromatic N) is 2. The number of aryl methyl sites for hydroxylation is 1. The highest BCUT2D eigenvalue weighted by Crippen LogP contribution is 2.34. The molecular formula is C17H22N4O3S. The van der Waals surface area contributed by atoms with Gasteiger partial charge >= 0.3 is 0 Å². The number of ether oxygens (including phenoxy) is 1. The van der Waals surface area contributed by atoms with Gasteiger partial charge in [-0.3, -0.25) is 0 Å². The molecule has 0 aliphatic carbocycles. The van der Waals surface area contributed by atoms with Crippen molar-refractivity contribution in [3.63, 3.8) is 0 Å². The van der Waals surface area contributed by atoms with E-state index in [1.807, 2.05) is 24.3 Å². The number of benzene rings is 1. The first-order valence-corrected chi connectivity index (χ1v) is 9.46. The number of para-hydroxylation sites is 1. The molecule has 0 bridgehead atoms. The number of nitrogens with one attached hydrogen (secondary N) is 1. The van der Waals surface area contributed by atoms with Crippen LogP contribution in [-0.2, 0) is 10.0 Å². The Bertz CT molecular complexity index is 870. The van der Waals surface area contributed by atoms with E-state index in [0.29, 0.717) is 25.4 Å². The van der Waals surface area contributed by atoms with Crippen molar-refractivity contribution in [2.75, 3.05) is 32.5 Å². The zero-order valence-electron chi connectivity index (χ0n) is 14.3. The molecule has 7 nitrogen and oxygen atoms in total. The standard InChI is InChI=1S/C17H22N4O3S/c1-12-9-16(17(18)20-10-12)25(22,23)21-8-7-19-11-14(21)13-5-3-4-6-15(13)24-2/h3-6,9-10,14,19H,7-8,11H2,1-2H3,(H2,18,20). The van der Waals surface area contributed by atoms with E-state index in [2.05, 4.69) is 10.3 Å². The van der Waals surface area contributed by atoms with Crippen LogP contribution in [0.25, 0.3) is 0 Å². The number of piperazine rings is 1. The van der Waals surface area contributed by atoms with E-state index in [1.54, 1.807) is 26.3 Å². The molecular weight excluding hydrogens is 340 g/mol. The topological polar surface area (TPSA) is 97.5 Å². The SMILES string of the molecule is COc1ccccc1C1CNCCN1S(=O)(=O)c1cc(C)cnc1N. The van der Waals surface area contributed by atoms with Gasteiger partial charge in [0.05, 0.1) is 13.2 Å². The van der Waals surface area contributed by atoms with Crippen molar-refractivity contribution < 1.29 is 13.2 Å². The number of hydrogen-bond acceptors (Lipinski definition) is 6. The van der Waals surface area contributed by atoms with Gasteiger partial charge < -0.3 is 15.8 Å². The fourth-order valence-electron chi connectivity index (χ4n) is 3.07. The van der Waals surface area contributed by atoms with Gasteiger partial charge in [-0.2, -0.15) is 4.31 Å². The van der Waals surface area contributed by atoms with Crippen LogP contribution in [0.5, 0.6) is 5.75 Å². The van der Waals surface area contributed by atoms with Crippen LogP contribution in [0.3, 0.4) is 0 Å². The van der Waals surface area contributed by atoms with Gasteiger partial charge in [-0.15, -0.1) is 0 Å². The van der Waals surface area contributed by atoms with Crippen molar-refractivity contribution in [3.05, 3.63) is 47.7 Å². The van der Waals surface area contributed by atoms with Crippen LogP contribution in [0.2, 0.25) is 0 Å². The number of nitrogens with two attached hydrogens (primary N) is 1.